The molecule has 3 aromatic rings. The number of alkyl carbamates (subject to hydrolysis) is 1. The van der Waals surface area contributed by atoms with E-state index in [1.54, 1.807) is 36.4 Å². The molecule has 230 valence electrons. The number of nitrogens with one attached hydrogen (secondary N) is 2. The van der Waals surface area contributed by atoms with E-state index in [0.29, 0.717) is 47.8 Å². The molecule has 2 N–H and O–H groups in total. The van der Waals surface area contributed by atoms with Gasteiger partial charge in [-0.2, -0.15) is 5.26 Å². The summed E-state index contributed by atoms with van der Waals surface area (Å²) in [6, 6.07) is 22.0. The lowest BCUT2D eigenvalue weighted by atomic mass is 9.99. The van der Waals surface area contributed by atoms with Gasteiger partial charge in [-0.05, 0) is 94.5 Å². The normalized spacial score (nSPS) is 14.7. The summed E-state index contributed by atoms with van der Waals surface area (Å²) in [5, 5.41) is 15.1. The zero-order valence-corrected chi connectivity index (χ0v) is 25.8. The third-order valence-corrected chi connectivity index (χ3v) is 7.29. The van der Waals surface area contributed by atoms with Gasteiger partial charge >= 0.3 is 6.09 Å². The van der Waals surface area contributed by atoms with Crippen LogP contribution in [0.1, 0.15) is 72.6 Å². The van der Waals surface area contributed by atoms with E-state index in [0.717, 1.165) is 30.4 Å². The molecule has 0 aliphatic carbocycles. The Kier molecular flexibility index (Phi) is 10.6. The van der Waals surface area contributed by atoms with Crippen molar-refractivity contribution in [1.82, 2.24) is 10.2 Å². The Balaban J connectivity index is 1.40. The quantitative estimate of drug-likeness (QED) is 0.306. The van der Waals surface area contributed by atoms with Crippen molar-refractivity contribution in [2.24, 2.45) is 0 Å². The molecule has 1 atom stereocenters. The van der Waals surface area contributed by atoms with Gasteiger partial charge < -0.3 is 25.0 Å². The van der Waals surface area contributed by atoms with Gasteiger partial charge in [0.25, 0.3) is 5.91 Å². The predicted molar refractivity (Wildman–Crippen MR) is 168 cm³/mol. The molecular formula is C35H40N4O5. The van der Waals surface area contributed by atoms with Crippen LogP contribution in [0.5, 0.6) is 5.75 Å². The topological polar surface area (TPSA) is 121 Å². The first-order chi connectivity index (χ1) is 21.0. The van der Waals surface area contributed by atoms with Crippen LogP contribution in [-0.4, -0.2) is 47.5 Å². The van der Waals surface area contributed by atoms with E-state index in [-0.39, 0.29) is 24.3 Å². The van der Waals surface area contributed by atoms with Gasteiger partial charge in [0.05, 0.1) is 18.1 Å². The fourth-order valence-electron chi connectivity index (χ4n) is 5.17. The lowest BCUT2D eigenvalue weighted by molar-refractivity contribution is -0.115. The molecule has 1 aliphatic rings. The minimum absolute atomic E-state index is 0.0134. The lowest BCUT2D eigenvalue weighted by Crippen LogP contribution is -2.50. The van der Waals surface area contributed by atoms with Gasteiger partial charge in [0, 0.05) is 35.9 Å². The van der Waals surface area contributed by atoms with Crippen molar-refractivity contribution < 1.29 is 23.9 Å². The smallest absolute Gasteiger partial charge is 0.407 e. The highest BCUT2D eigenvalue weighted by Gasteiger charge is 2.29. The number of benzene rings is 3. The van der Waals surface area contributed by atoms with Crippen molar-refractivity contribution in [1.29, 1.82) is 5.26 Å². The average Bonchev–Trinajstić information content (AvgIpc) is 2.99. The van der Waals surface area contributed by atoms with Crippen LogP contribution in [-0.2, 0) is 22.6 Å². The number of carbonyl (C=O) groups is 3. The van der Waals surface area contributed by atoms with Gasteiger partial charge in [-0.3, -0.25) is 9.59 Å². The van der Waals surface area contributed by atoms with Crippen LogP contribution in [0.2, 0.25) is 0 Å². The van der Waals surface area contributed by atoms with E-state index < -0.39 is 11.7 Å². The first kappa shape index (κ1) is 32.1. The van der Waals surface area contributed by atoms with Crippen LogP contribution in [0, 0.1) is 18.3 Å². The third kappa shape index (κ3) is 9.08. The van der Waals surface area contributed by atoms with E-state index in [2.05, 4.69) is 16.7 Å². The molecular weight excluding hydrogens is 556 g/mol. The molecule has 1 heterocycles. The summed E-state index contributed by atoms with van der Waals surface area (Å²) in [7, 11) is 0. The molecule has 0 aromatic heterocycles. The summed E-state index contributed by atoms with van der Waals surface area (Å²) in [6.45, 7) is 8.53. The van der Waals surface area contributed by atoms with Gasteiger partial charge in [0.1, 0.15) is 18.0 Å². The zero-order chi connectivity index (χ0) is 31.7. The molecule has 1 fully saturated rings. The van der Waals surface area contributed by atoms with Crippen LogP contribution in [0.4, 0.5) is 10.5 Å². The number of anilines is 1. The third-order valence-electron chi connectivity index (χ3n) is 7.29. The second-order valence-corrected chi connectivity index (χ2v) is 12.0. The Labute approximate surface area is 259 Å². The summed E-state index contributed by atoms with van der Waals surface area (Å²) in [5.74, 6) is 0.161. The van der Waals surface area contributed by atoms with E-state index in [4.69, 9.17) is 9.47 Å². The van der Waals surface area contributed by atoms with Gasteiger partial charge in [-0.25, -0.2) is 4.79 Å². The van der Waals surface area contributed by atoms with Gasteiger partial charge in [-0.1, -0.05) is 30.3 Å². The number of amides is 3. The number of carbonyl (C=O) groups excluding carboxylic acids is 3. The monoisotopic (exact) mass is 596 g/mol. The number of nitrogens with zero attached hydrogens (tertiary/aromatic N) is 2. The predicted octanol–water partition coefficient (Wildman–Crippen LogP) is 6.15. The molecule has 0 saturated carbocycles. The highest BCUT2D eigenvalue weighted by molar-refractivity contribution is 5.98. The van der Waals surface area contributed by atoms with Crippen LogP contribution < -0.4 is 15.4 Å². The molecule has 44 heavy (non-hydrogen) atoms. The first-order valence-electron chi connectivity index (χ1n) is 14.9. The van der Waals surface area contributed by atoms with Crippen LogP contribution in [0.15, 0.2) is 66.7 Å². The molecule has 0 spiro atoms. The number of piperidine rings is 1. The Morgan fingerprint density at radius 2 is 1.80 bits per heavy atom. The average molecular weight is 597 g/mol. The van der Waals surface area contributed by atoms with Crippen LogP contribution in [0.3, 0.4) is 0 Å². The number of rotatable bonds is 9. The first-order valence-corrected chi connectivity index (χ1v) is 14.9. The van der Waals surface area contributed by atoms with Crippen molar-refractivity contribution in [3.8, 4) is 11.8 Å². The van der Waals surface area contributed by atoms with Crippen molar-refractivity contribution in [2.75, 3.05) is 18.4 Å². The highest BCUT2D eigenvalue weighted by Crippen LogP contribution is 2.25. The van der Waals surface area contributed by atoms with Crippen LogP contribution >= 0.6 is 0 Å². The maximum Gasteiger partial charge on any atom is 0.407 e. The summed E-state index contributed by atoms with van der Waals surface area (Å²) < 4.78 is 11.3. The van der Waals surface area contributed by atoms with Gasteiger partial charge in [-0.15, -0.1) is 0 Å². The van der Waals surface area contributed by atoms with Crippen molar-refractivity contribution in [3.63, 3.8) is 0 Å². The molecule has 3 aromatic carbocycles. The highest BCUT2D eigenvalue weighted by atomic mass is 16.6. The number of nitriles is 1. The van der Waals surface area contributed by atoms with Crippen molar-refractivity contribution in [2.45, 2.75) is 71.6 Å². The Bertz CT molecular complexity index is 1520. The number of hydrogen-bond donors (Lipinski definition) is 2. The number of aryl methyl sites for hydroxylation is 1. The standard InChI is InChI=1S/C35H40N4O5/c1-24-18-28(14-15-30(24)33(41)39-17-9-8-12-29(39)22-37-34(42)44-35(2,3)4)38-32(40)20-27-19-26(21-36)13-16-31(27)43-23-25-10-6-5-7-11-25/h5-7,10-11,13-16,18-19,29H,8-9,12,17,20,22-23H2,1-4H3,(H,37,42)(H,38,40). The molecule has 1 unspecified atom stereocenters. The largest absolute Gasteiger partial charge is 0.489 e. The maximum absolute atomic E-state index is 13.6. The Morgan fingerprint density at radius 3 is 2.50 bits per heavy atom. The second-order valence-electron chi connectivity index (χ2n) is 12.0. The van der Waals surface area contributed by atoms with E-state index in [1.165, 1.54) is 0 Å². The Hall–Kier alpha value is -4.84. The fraction of sp³-hybridized carbons (Fsp3) is 0.371. The van der Waals surface area contributed by atoms with E-state index in [1.807, 2.05) is 62.9 Å². The molecule has 9 nitrogen and oxygen atoms in total. The molecule has 4 rings (SSSR count). The Morgan fingerprint density at radius 1 is 1.02 bits per heavy atom. The molecule has 3 amide bonds. The summed E-state index contributed by atoms with van der Waals surface area (Å²) >= 11 is 0. The SMILES string of the molecule is Cc1cc(NC(=O)Cc2cc(C#N)ccc2OCc2ccccc2)ccc1C(=O)N1CCCCC1CNC(=O)OC(C)(C)C. The van der Waals surface area contributed by atoms with Crippen LogP contribution in [0.25, 0.3) is 0 Å². The number of hydrogen-bond acceptors (Lipinski definition) is 6. The molecule has 0 radical (unpaired) electrons. The molecule has 1 aliphatic heterocycles. The molecule has 1 saturated heterocycles. The maximum atomic E-state index is 13.6. The van der Waals surface area contributed by atoms with Gasteiger partial charge in [0.15, 0.2) is 0 Å². The molecule has 9 heteroatoms. The zero-order valence-electron chi connectivity index (χ0n) is 25.8. The summed E-state index contributed by atoms with van der Waals surface area (Å²) in [5.41, 5.74) is 3.29. The second kappa shape index (κ2) is 14.6. The van der Waals surface area contributed by atoms with E-state index in [9.17, 15) is 19.6 Å². The fourth-order valence-corrected chi connectivity index (χ4v) is 5.17. The minimum atomic E-state index is -0.598. The minimum Gasteiger partial charge on any atom is -0.489 e. The van der Waals surface area contributed by atoms with Crippen molar-refractivity contribution >= 4 is 23.6 Å². The number of ether oxygens (including phenoxy) is 2. The van der Waals surface area contributed by atoms with Gasteiger partial charge in [0.2, 0.25) is 5.91 Å². The summed E-state index contributed by atoms with van der Waals surface area (Å²) in [6.07, 6.45) is 2.18. The van der Waals surface area contributed by atoms with E-state index >= 15 is 0 Å². The number of likely N-dealkylation sites (tertiary alicyclic amines) is 1. The summed E-state index contributed by atoms with van der Waals surface area (Å²) in [4.78, 5) is 40.7. The lowest BCUT2D eigenvalue weighted by Gasteiger charge is -2.36. The molecule has 0 bridgehead atoms. The van der Waals surface area contributed by atoms with Crippen molar-refractivity contribution in [3.05, 3.63) is 94.5 Å².